The first-order valence-corrected chi connectivity index (χ1v) is 8.19. The first-order chi connectivity index (χ1) is 12.4. The third-order valence-electron chi connectivity index (χ3n) is 4.08. The lowest BCUT2D eigenvalue weighted by molar-refractivity contribution is -0.141. The van der Waals surface area contributed by atoms with Crippen molar-refractivity contribution in [2.24, 2.45) is 0 Å². The number of anilines is 2. The Labute approximate surface area is 148 Å². The molecule has 1 aliphatic rings. The number of carbonyl (C=O) groups excluding carboxylic acids is 1. The average molecular weight is 365 g/mol. The van der Waals surface area contributed by atoms with Crippen LogP contribution in [-0.2, 0) is 6.18 Å². The van der Waals surface area contributed by atoms with Gasteiger partial charge in [-0.2, -0.15) is 13.2 Å². The predicted octanol–water partition coefficient (Wildman–Crippen LogP) is 3.29. The number of carbonyl (C=O) groups is 1. The Morgan fingerprint density at radius 2 is 1.81 bits per heavy atom. The van der Waals surface area contributed by atoms with E-state index in [0.717, 1.165) is 12.3 Å². The molecule has 2 heterocycles. The molecule has 0 aliphatic carbocycles. The highest BCUT2D eigenvalue weighted by atomic mass is 19.4. The minimum Gasteiger partial charge on any atom is -0.341 e. The molecule has 2 amide bonds. The van der Waals surface area contributed by atoms with Crippen molar-refractivity contribution in [3.8, 4) is 0 Å². The minimum absolute atomic E-state index is 0.0549. The molecule has 0 radical (unpaired) electrons. The second kappa shape index (κ2) is 7.59. The molecule has 0 unspecified atom stereocenters. The summed E-state index contributed by atoms with van der Waals surface area (Å²) >= 11 is 0. The van der Waals surface area contributed by atoms with Gasteiger partial charge in [-0.15, -0.1) is 0 Å². The van der Waals surface area contributed by atoms with E-state index in [2.05, 4.69) is 20.6 Å². The molecule has 0 atom stereocenters. The summed E-state index contributed by atoms with van der Waals surface area (Å²) in [7, 11) is 0. The monoisotopic (exact) mass is 365 g/mol. The molecule has 3 rings (SSSR count). The summed E-state index contributed by atoms with van der Waals surface area (Å²) in [6.45, 7) is 0.940. The van der Waals surface area contributed by atoms with Gasteiger partial charge in [-0.25, -0.2) is 14.8 Å². The van der Waals surface area contributed by atoms with Crippen LogP contribution in [0, 0.1) is 0 Å². The van der Waals surface area contributed by atoms with Crippen molar-refractivity contribution in [1.29, 1.82) is 0 Å². The first-order valence-electron chi connectivity index (χ1n) is 8.19. The molecule has 1 saturated heterocycles. The number of alkyl halides is 3. The van der Waals surface area contributed by atoms with Crippen LogP contribution in [0.25, 0.3) is 0 Å². The molecule has 1 fully saturated rings. The highest BCUT2D eigenvalue weighted by Crippen LogP contribution is 2.28. The van der Waals surface area contributed by atoms with Gasteiger partial charge in [-0.3, -0.25) is 0 Å². The summed E-state index contributed by atoms with van der Waals surface area (Å²) in [5.41, 5.74) is -0.259. The third kappa shape index (κ3) is 4.62. The number of nitrogens with zero attached hydrogens (tertiary/aromatic N) is 3. The number of halogens is 3. The van der Waals surface area contributed by atoms with Gasteiger partial charge in [0.2, 0.25) is 5.95 Å². The lowest BCUT2D eigenvalue weighted by Crippen LogP contribution is -2.46. The van der Waals surface area contributed by atoms with E-state index in [1.165, 1.54) is 0 Å². The zero-order valence-electron chi connectivity index (χ0n) is 13.8. The van der Waals surface area contributed by atoms with Crippen LogP contribution in [0.5, 0.6) is 0 Å². The van der Waals surface area contributed by atoms with Crippen molar-refractivity contribution in [3.05, 3.63) is 48.3 Å². The molecule has 0 saturated carbocycles. The van der Waals surface area contributed by atoms with Gasteiger partial charge in [0.25, 0.3) is 0 Å². The molecular formula is C17H18F3N5O. The van der Waals surface area contributed by atoms with Gasteiger partial charge < -0.3 is 15.5 Å². The number of para-hydroxylation sites is 1. The van der Waals surface area contributed by atoms with Crippen LogP contribution in [0.3, 0.4) is 0 Å². The number of aromatic nitrogens is 2. The van der Waals surface area contributed by atoms with Gasteiger partial charge in [0.15, 0.2) is 0 Å². The van der Waals surface area contributed by atoms with Crippen molar-refractivity contribution in [3.63, 3.8) is 0 Å². The Balaban J connectivity index is 1.52. The molecule has 0 spiro atoms. The van der Waals surface area contributed by atoms with E-state index in [9.17, 15) is 18.0 Å². The summed E-state index contributed by atoms with van der Waals surface area (Å²) < 4.78 is 38.3. The maximum absolute atomic E-state index is 12.8. The van der Waals surface area contributed by atoms with Gasteiger partial charge >= 0.3 is 12.2 Å². The summed E-state index contributed by atoms with van der Waals surface area (Å²) in [6.07, 6.45) is -2.18. The summed E-state index contributed by atoms with van der Waals surface area (Å²) in [5, 5.41) is 5.62. The molecule has 1 aromatic carbocycles. The third-order valence-corrected chi connectivity index (χ3v) is 4.08. The van der Waals surface area contributed by atoms with E-state index in [4.69, 9.17) is 0 Å². The number of urea groups is 1. The van der Waals surface area contributed by atoms with Crippen LogP contribution in [0.15, 0.2) is 42.6 Å². The molecule has 2 N–H and O–H groups in total. The predicted molar refractivity (Wildman–Crippen MR) is 90.9 cm³/mol. The smallest absolute Gasteiger partial charge is 0.341 e. The quantitative estimate of drug-likeness (QED) is 0.876. The Bertz CT molecular complexity index is 746. The number of piperidine rings is 1. The summed E-state index contributed by atoms with van der Waals surface area (Å²) in [4.78, 5) is 21.2. The van der Waals surface area contributed by atoms with Gasteiger partial charge in [-0.05, 0) is 31.0 Å². The van der Waals surface area contributed by atoms with Gasteiger partial charge in [0, 0.05) is 31.0 Å². The highest BCUT2D eigenvalue weighted by Gasteiger charge is 2.33. The second-order valence-electron chi connectivity index (χ2n) is 5.97. The fourth-order valence-corrected chi connectivity index (χ4v) is 2.76. The summed E-state index contributed by atoms with van der Waals surface area (Å²) in [5.74, 6) is 0.0620. The van der Waals surface area contributed by atoms with Crippen LogP contribution in [-0.4, -0.2) is 35.1 Å². The maximum Gasteiger partial charge on any atom is 0.433 e. The molecule has 1 aromatic heterocycles. The van der Waals surface area contributed by atoms with E-state index in [1.807, 2.05) is 18.2 Å². The molecule has 0 bridgehead atoms. The fourth-order valence-electron chi connectivity index (χ4n) is 2.76. The molecule has 9 heteroatoms. The Hall–Kier alpha value is -2.84. The van der Waals surface area contributed by atoms with Crippen LogP contribution in [0.4, 0.5) is 29.6 Å². The van der Waals surface area contributed by atoms with E-state index in [-0.39, 0.29) is 18.0 Å². The number of benzene rings is 1. The second-order valence-corrected chi connectivity index (χ2v) is 5.97. The van der Waals surface area contributed by atoms with Gasteiger partial charge in [0.1, 0.15) is 5.69 Å². The first kappa shape index (κ1) is 18.0. The lowest BCUT2D eigenvalue weighted by Gasteiger charge is -2.32. The molecular weight excluding hydrogens is 347 g/mol. The van der Waals surface area contributed by atoms with Crippen LogP contribution >= 0.6 is 0 Å². The van der Waals surface area contributed by atoms with Crippen LogP contribution in [0.2, 0.25) is 0 Å². The number of hydrogen-bond donors (Lipinski definition) is 2. The van der Waals surface area contributed by atoms with Gasteiger partial charge in [-0.1, -0.05) is 18.2 Å². The highest BCUT2D eigenvalue weighted by molar-refractivity contribution is 5.89. The zero-order valence-corrected chi connectivity index (χ0v) is 13.8. The van der Waals surface area contributed by atoms with E-state index < -0.39 is 11.9 Å². The average Bonchev–Trinajstić information content (AvgIpc) is 2.62. The fraction of sp³-hybridized carbons (Fsp3) is 0.353. The van der Waals surface area contributed by atoms with Crippen molar-refractivity contribution in [2.75, 3.05) is 23.3 Å². The van der Waals surface area contributed by atoms with E-state index in [0.29, 0.717) is 31.6 Å². The molecule has 2 aromatic rings. The topological polar surface area (TPSA) is 70.2 Å². The number of amides is 2. The number of hydrogen-bond acceptors (Lipinski definition) is 4. The Morgan fingerprint density at radius 3 is 2.46 bits per heavy atom. The largest absolute Gasteiger partial charge is 0.433 e. The van der Waals surface area contributed by atoms with Crippen LogP contribution < -0.4 is 15.5 Å². The molecule has 26 heavy (non-hydrogen) atoms. The van der Waals surface area contributed by atoms with Crippen molar-refractivity contribution in [1.82, 2.24) is 15.3 Å². The minimum atomic E-state index is -4.49. The Morgan fingerprint density at radius 1 is 1.12 bits per heavy atom. The van der Waals surface area contributed by atoms with Gasteiger partial charge in [0.05, 0.1) is 0 Å². The van der Waals surface area contributed by atoms with Crippen LogP contribution in [0.1, 0.15) is 18.5 Å². The molecule has 1 aliphatic heterocycles. The number of nitrogens with one attached hydrogen (secondary N) is 2. The maximum atomic E-state index is 12.8. The standard InChI is InChI=1S/C17H18F3N5O/c18-17(19,20)14-6-9-21-15(24-14)25-10-7-13(8-11-25)23-16(26)22-12-4-2-1-3-5-12/h1-6,9,13H,7-8,10-11H2,(H2,22,23,26). The summed E-state index contributed by atoms with van der Waals surface area (Å²) in [6, 6.07) is 9.57. The molecule has 6 nitrogen and oxygen atoms in total. The normalized spacial score (nSPS) is 15.6. The van der Waals surface area contributed by atoms with Crippen molar-refractivity contribution < 1.29 is 18.0 Å². The van der Waals surface area contributed by atoms with E-state index in [1.54, 1.807) is 17.0 Å². The SMILES string of the molecule is O=C(Nc1ccccc1)NC1CCN(c2nccc(C(F)(F)F)n2)CC1. The zero-order chi connectivity index (χ0) is 18.6. The lowest BCUT2D eigenvalue weighted by atomic mass is 10.1. The number of rotatable bonds is 3. The van der Waals surface area contributed by atoms with Crippen molar-refractivity contribution in [2.45, 2.75) is 25.1 Å². The molecule has 138 valence electrons. The Kier molecular flexibility index (Phi) is 5.24. The van der Waals surface area contributed by atoms with E-state index >= 15 is 0 Å². The van der Waals surface area contributed by atoms with Crippen molar-refractivity contribution >= 4 is 17.7 Å².